The first-order chi connectivity index (χ1) is 7.68. The van der Waals surface area contributed by atoms with Crippen molar-refractivity contribution in [2.45, 2.75) is 12.5 Å². The second-order valence-electron chi connectivity index (χ2n) is 4.19. The fourth-order valence-electron chi connectivity index (χ4n) is 2.16. The molecule has 86 valence electrons. The Balaban J connectivity index is 2.01. The average molecular weight is 220 g/mol. The van der Waals surface area contributed by atoms with Gasteiger partial charge in [-0.05, 0) is 18.6 Å². The van der Waals surface area contributed by atoms with E-state index in [0.29, 0.717) is 0 Å². The molecule has 4 nitrogen and oxygen atoms in total. The molecule has 0 radical (unpaired) electrons. The molecule has 1 aromatic rings. The summed E-state index contributed by atoms with van der Waals surface area (Å²) in [5.74, 6) is -0.849. The van der Waals surface area contributed by atoms with Gasteiger partial charge in [0, 0.05) is 24.7 Å². The first-order valence-corrected chi connectivity index (χ1v) is 5.47. The van der Waals surface area contributed by atoms with Crippen LogP contribution >= 0.6 is 0 Å². The van der Waals surface area contributed by atoms with Crippen molar-refractivity contribution in [2.75, 3.05) is 18.0 Å². The summed E-state index contributed by atoms with van der Waals surface area (Å²) in [6.45, 7) is 1.62. The molecule has 0 amide bonds. The van der Waals surface area contributed by atoms with Crippen LogP contribution in [0.25, 0.3) is 0 Å². The van der Waals surface area contributed by atoms with Gasteiger partial charge >= 0.3 is 5.97 Å². The van der Waals surface area contributed by atoms with Crippen LogP contribution in [-0.2, 0) is 4.79 Å². The molecule has 3 N–H and O–H groups in total. The summed E-state index contributed by atoms with van der Waals surface area (Å²) >= 11 is 0. The van der Waals surface area contributed by atoms with Crippen molar-refractivity contribution in [3.63, 3.8) is 0 Å². The maximum atomic E-state index is 10.8. The summed E-state index contributed by atoms with van der Waals surface area (Å²) in [5.41, 5.74) is 6.78. The van der Waals surface area contributed by atoms with E-state index in [0.717, 1.165) is 25.2 Å². The van der Waals surface area contributed by atoms with Gasteiger partial charge < -0.3 is 15.7 Å². The number of carbonyl (C=O) groups is 1. The maximum Gasteiger partial charge on any atom is 0.320 e. The second kappa shape index (κ2) is 4.53. The zero-order valence-corrected chi connectivity index (χ0v) is 9.04. The molecule has 0 saturated carbocycles. The van der Waals surface area contributed by atoms with Gasteiger partial charge in [0.25, 0.3) is 0 Å². The van der Waals surface area contributed by atoms with Crippen LogP contribution in [0, 0.1) is 5.92 Å². The summed E-state index contributed by atoms with van der Waals surface area (Å²) in [7, 11) is 0. The van der Waals surface area contributed by atoms with Crippen molar-refractivity contribution in [1.29, 1.82) is 0 Å². The Morgan fingerprint density at radius 1 is 1.44 bits per heavy atom. The van der Waals surface area contributed by atoms with Crippen LogP contribution in [0.3, 0.4) is 0 Å². The van der Waals surface area contributed by atoms with Crippen LogP contribution in [0.4, 0.5) is 5.69 Å². The topological polar surface area (TPSA) is 66.6 Å². The van der Waals surface area contributed by atoms with E-state index in [2.05, 4.69) is 4.90 Å². The van der Waals surface area contributed by atoms with Gasteiger partial charge in [-0.2, -0.15) is 0 Å². The van der Waals surface area contributed by atoms with E-state index >= 15 is 0 Å². The van der Waals surface area contributed by atoms with Crippen molar-refractivity contribution >= 4 is 11.7 Å². The zero-order valence-electron chi connectivity index (χ0n) is 9.04. The molecule has 2 atom stereocenters. The third-order valence-electron chi connectivity index (χ3n) is 3.14. The predicted molar refractivity (Wildman–Crippen MR) is 62.4 cm³/mol. The van der Waals surface area contributed by atoms with Crippen LogP contribution in [0.1, 0.15) is 6.42 Å². The molecule has 1 fully saturated rings. The molecule has 1 saturated heterocycles. The summed E-state index contributed by atoms with van der Waals surface area (Å²) in [4.78, 5) is 13.0. The Hall–Kier alpha value is -1.55. The number of rotatable bonds is 3. The molecule has 1 aliphatic rings. The molecule has 0 aromatic heterocycles. The Morgan fingerprint density at radius 3 is 2.75 bits per heavy atom. The van der Waals surface area contributed by atoms with E-state index in [-0.39, 0.29) is 5.92 Å². The molecule has 1 aliphatic heterocycles. The number of nitrogens with two attached hydrogens (primary N) is 1. The lowest BCUT2D eigenvalue weighted by Crippen LogP contribution is -2.39. The standard InChI is InChI=1S/C12H16N2O2/c13-11(12(15)16)9-6-7-14(8-9)10-4-2-1-3-5-10/h1-5,9,11H,6-8,13H2,(H,15,16). The third-order valence-corrected chi connectivity index (χ3v) is 3.14. The molecule has 16 heavy (non-hydrogen) atoms. The number of carboxylic acids is 1. The minimum Gasteiger partial charge on any atom is -0.480 e. The number of hydrogen-bond acceptors (Lipinski definition) is 3. The number of para-hydroxylation sites is 1. The second-order valence-corrected chi connectivity index (χ2v) is 4.19. The summed E-state index contributed by atoms with van der Waals surface area (Å²) in [6.07, 6.45) is 0.850. The number of nitrogens with zero attached hydrogens (tertiary/aromatic N) is 1. The van der Waals surface area contributed by atoms with E-state index in [1.165, 1.54) is 0 Å². The van der Waals surface area contributed by atoms with Crippen molar-refractivity contribution in [1.82, 2.24) is 0 Å². The number of anilines is 1. The smallest absolute Gasteiger partial charge is 0.320 e. The highest BCUT2D eigenvalue weighted by molar-refractivity contribution is 5.73. The molecule has 0 aliphatic carbocycles. The van der Waals surface area contributed by atoms with Crippen molar-refractivity contribution in [3.05, 3.63) is 30.3 Å². The SMILES string of the molecule is NC(C(=O)O)C1CCN(c2ccccc2)C1. The highest BCUT2D eigenvalue weighted by Crippen LogP contribution is 2.24. The highest BCUT2D eigenvalue weighted by Gasteiger charge is 2.31. The molecular formula is C12H16N2O2. The van der Waals surface area contributed by atoms with Gasteiger partial charge in [-0.25, -0.2) is 0 Å². The summed E-state index contributed by atoms with van der Waals surface area (Å²) in [5, 5.41) is 8.86. The van der Waals surface area contributed by atoms with E-state index in [1.807, 2.05) is 30.3 Å². The highest BCUT2D eigenvalue weighted by atomic mass is 16.4. The Bertz CT molecular complexity index is 367. The molecule has 2 rings (SSSR count). The van der Waals surface area contributed by atoms with Gasteiger partial charge in [-0.15, -0.1) is 0 Å². The van der Waals surface area contributed by atoms with Crippen LogP contribution < -0.4 is 10.6 Å². The monoisotopic (exact) mass is 220 g/mol. The number of aliphatic carboxylic acids is 1. The zero-order chi connectivity index (χ0) is 11.5. The summed E-state index contributed by atoms with van der Waals surface area (Å²) < 4.78 is 0. The Morgan fingerprint density at radius 2 is 2.12 bits per heavy atom. The fourth-order valence-corrected chi connectivity index (χ4v) is 2.16. The fraction of sp³-hybridized carbons (Fsp3) is 0.417. The van der Waals surface area contributed by atoms with Crippen LogP contribution in [0.15, 0.2) is 30.3 Å². The van der Waals surface area contributed by atoms with Gasteiger partial charge in [0.1, 0.15) is 6.04 Å². The first kappa shape index (κ1) is 11.0. The largest absolute Gasteiger partial charge is 0.480 e. The van der Waals surface area contributed by atoms with Gasteiger partial charge in [0.15, 0.2) is 0 Å². The van der Waals surface area contributed by atoms with Crippen molar-refractivity contribution in [3.8, 4) is 0 Å². The minimum absolute atomic E-state index is 0.0534. The van der Waals surface area contributed by atoms with E-state index in [4.69, 9.17) is 10.8 Å². The van der Waals surface area contributed by atoms with Crippen molar-refractivity contribution in [2.24, 2.45) is 11.7 Å². The van der Waals surface area contributed by atoms with E-state index in [1.54, 1.807) is 0 Å². The number of hydrogen-bond donors (Lipinski definition) is 2. The lowest BCUT2D eigenvalue weighted by atomic mass is 10.0. The van der Waals surface area contributed by atoms with Crippen molar-refractivity contribution < 1.29 is 9.90 Å². The molecular weight excluding hydrogens is 204 g/mol. The van der Waals surface area contributed by atoms with E-state index < -0.39 is 12.0 Å². The van der Waals surface area contributed by atoms with Gasteiger partial charge in [-0.1, -0.05) is 18.2 Å². The predicted octanol–water partition coefficient (Wildman–Crippen LogP) is 0.925. The minimum atomic E-state index is -0.903. The first-order valence-electron chi connectivity index (χ1n) is 5.47. The average Bonchev–Trinajstić information content (AvgIpc) is 2.78. The molecule has 0 bridgehead atoms. The quantitative estimate of drug-likeness (QED) is 0.795. The lowest BCUT2D eigenvalue weighted by molar-refractivity contribution is -0.139. The van der Waals surface area contributed by atoms with Crippen LogP contribution in [-0.4, -0.2) is 30.2 Å². The van der Waals surface area contributed by atoms with Crippen LogP contribution in [0.5, 0.6) is 0 Å². The molecule has 4 heteroatoms. The molecule has 1 heterocycles. The number of benzene rings is 1. The van der Waals surface area contributed by atoms with Crippen LogP contribution in [0.2, 0.25) is 0 Å². The third kappa shape index (κ3) is 2.17. The summed E-state index contributed by atoms with van der Waals surface area (Å²) in [6, 6.07) is 9.27. The normalized spacial score (nSPS) is 22.1. The number of carboxylic acid groups (broad SMARTS) is 1. The van der Waals surface area contributed by atoms with Gasteiger partial charge in [-0.3, -0.25) is 4.79 Å². The van der Waals surface area contributed by atoms with Gasteiger partial charge in [0.05, 0.1) is 0 Å². The lowest BCUT2D eigenvalue weighted by Gasteiger charge is -2.19. The molecule has 2 unspecified atom stereocenters. The van der Waals surface area contributed by atoms with E-state index in [9.17, 15) is 4.79 Å². The molecule has 1 aromatic carbocycles. The maximum absolute atomic E-state index is 10.8. The Labute approximate surface area is 94.7 Å². The Kier molecular flexibility index (Phi) is 3.10. The molecule has 0 spiro atoms. The van der Waals surface area contributed by atoms with Gasteiger partial charge in [0.2, 0.25) is 0 Å².